The summed E-state index contributed by atoms with van der Waals surface area (Å²) < 4.78 is 13.7. The van der Waals surface area contributed by atoms with Crippen LogP contribution in [-0.2, 0) is 9.53 Å². The molecule has 2 heterocycles. The molecule has 2 aromatic heterocycles. The van der Waals surface area contributed by atoms with Gasteiger partial charge in [-0.2, -0.15) is 0 Å². The first kappa shape index (κ1) is 32.4. The Morgan fingerprint density at radius 1 is 1.02 bits per heavy atom. The van der Waals surface area contributed by atoms with E-state index in [4.69, 9.17) is 9.47 Å². The van der Waals surface area contributed by atoms with E-state index in [0.717, 1.165) is 47.2 Å². The van der Waals surface area contributed by atoms with Gasteiger partial charge in [-0.25, -0.2) is 4.79 Å². The molecule has 0 spiro atoms. The molecule has 1 fully saturated rings. The summed E-state index contributed by atoms with van der Waals surface area (Å²) in [5.41, 5.74) is 3.52. The number of benzene rings is 3. The van der Waals surface area contributed by atoms with Crippen LogP contribution in [0.25, 0.3) is 28.0 Å². The first-order chi connectivity index (χ1) is 22.8. The maximum Gasteiger partial charge on any atom is 0.340 e. The van der Waals surface area contributed by atoms with Crippen LogP contribution in [-0.4, -0.2) is 50.1 Å². The van der Waals surface area contributed by atoms with Gasteiger partial charge in [0.2, 0.25) is 5.91 Å². The molecule has 0 unspecified atom stereocenters. The second-order valence-electron chi connectivity index (χ2n) is 12.5. The summed E-state index contributed by atoms with van der Waals surface area (Å²) in [4.78, 5) is 30.1. The largest absolute Gasteiger partial charge is 0.494 e. The van der Waals surface area contributed by atoms with Crippen molar-refractivity contribution >= 4 is 40.2 Å². The molecule has 244 valence electrons. The number of H-pyrrole nitrogens is 1. The van der Waals surface area contributed by atoms with E-state index in [-0.39, 0.29) is 17.8 Å². The lowest BCUT2D eigenvalue weighted by atomic mass is 9.75. The molecule has 10 heteroatoms. The van der Waals surface area contributed by atoms with Gasteiger partial charge in [-0.15, -0.1) is 10.2 Å². The molecular weight excluding hydrogens is 611 g/mol. The molecule has 5 aromatic rings. The van der Waals surface area contributed by atoms with Crippen LogP contribution in [0.2, 0.25) is 0 Å². The number of anilines is 1. The number of hydrogen-bond donors (Lipinski definition) is 2. The van der Waals surface area contributed by atoms with Crippen LogP contribution in [0.3, 0.4) is 0 Å². The molecule has 3 aromatic carbocycles. The van der Waals surface area contributed by atoms with E-state index in [2.05, 4.69) is 41.3 Å². The molecule has 1 aliphatic rings. The van der Waals surface area contributed by atoms with Gasteiger partial charge in [-0.1, -0.05) is 69.3 Å². The minimum absolute atomic E-state index is 0.0575. The summed E-state index contributed by atoms with van der Waals surface area (Å²) in [7, 11) is 0. The number of rotatable bonds is 11. The van der Waals surface area contributed by atoms with E-state index in [1.807, 2.05) is 66.2 Å². The number of amides is 1. The zero-order valence-corrected chi connectivity index (χ0v) is 28.0. The van der Waals surface area contributed by atoms with Crippen molar-refractivity contribution in [2.75, 3.05) is 17.7 Å². The number of ether oxygens (including phenoxy) is 2. The van der Waals surface area contributed by atoms with Crippen molar-refractivity contribution in [3.63, 3.8) is 0 Å². The number of hydrogen-bond acceptors (Lipinski definition) is 7. The Kier molecular flexibility index (Phi) is 9.96. The lowest BCUT2D eigenvalue weighted by molar-refractivity contribution is -0.113. The third-order valence-electron chi connectivity index (χ3n) is 8.84. The van der Waals surface area contributed by atoms with Crippen LogP contribution >= 0.6 is 11.8 Å². The second kappa shape index (κ2) is 14.5. The number of para-hydroxylation sites is 2. The Labute approximate surface area is 279 Å². The number of carbonyl (C=O) groups is 2. The molecule has 47 heavy (non-hydrogen) atoms. The second-order valence-corrected chi connectivity index (χ2v) is 13.4. The van der Waals surface area contributed by atoms with E-state index >= 15 is 0 Å². The summed E-state index contributed by atoms with van der Waals surface area (Å²) in [6.07, 6.45) is 4.85. The van der Waals surface area contributed by atoms with Crippen LogP contribution in [0.4, 0.5) is 5.69 Å². The lowest BCUT2D eigenvalue weighted by Gasteiger charge is -2.36. The van der Waals surface area contributed by atoms with Gasteiger partial charge in [0.05, 0.1) is 23.6 Å². The van der Waals surface area contributed by atoms with Crippen LogP contribution in [0.5, 0.6) is 5.75 Å². The van der Waals surface area contributed by atoms with Gasteiger partial charge in [0.15, 0.2) is 11.0 Å². The number of esters is 1. The third kappa shape index (κ3) is 7.22. The molecule has 9 nitrogen and oxygen atoms in total. The van der Waals surface area contributed by atoms with Gasteiger partial charge in [-0.05, 0) is 80.0 Å². The van der Waals surface area contributed by atoms with Crippen LogP contribution in [0.15, 0.2) is 84.1 Å². The molecular formula is C37H41N5O4S. The van der Waals surface area contributed by atoms with E-state index in [0.29, 0.717) is 46.6 Å². The van der Waals surface area contributed by atoms with Gasteiger partial charge in [0.25, 0.3) is 0 Å². The molecule has 0 radical (unpaired) electrons. The van der Waals surface area contributed by atoms with Gasteiger partial charge in [0.1, 0.15) is 11.9 Å². The highest BCUT2D eigenvalue weighted by Crippen LogP contribution is 2.36. The molecule has 6 rings (SSSR count). The van der Waals surface area contributed by atoms with Crippen molar-refractivity contribution in [1.82, 2.24) is 19.7 Å². The molecule has 1 saturated carbocycles. The smallest absolute Gasteiger partial charge is 0.340 e. The van der Waals surface area contributed by atoms with Gasteiger partial charge < -0.3 is 19.8 Å². The summed E-state index contributed by atoms with van der Waals surface area (Å²) in [5.74, 6) is 2.07. The third-order valence-corrected chi connectivity index (χ3v) is 9.77. The van der Waals surface area contributed by atoms with Gasteiger partial charge in [0, 0.05) is 28.4 Å². The number of thioether (sulfide) groups is 1. The Balaban J connectivity index is 1.21. The SMILES string of the molecule is CCOc1ccc(-n2c(SCC(=O)Nc3ccccc3C(=O)O[C@@H]3C[C@H](C)CC[C@@H]3C(C)C)nnc2-c2c[nH]c3ccccc23)cc1. The zero-order valence-electron chi connectivity index (χ0n) is 27.2. The Bertz CT molecular complexity index is 1850. The Morgan fingerprint density at radius 3 is 2.57 bits per heavy atom. The fourth-order valence-corrected chi connectivity index (χ4v) is 7.17. The van der Waals surface area contributed by atoms with Crippen LogP contribution in [0, 0.1) is 17.8 Å². The van der Waals surface area contributed by atoms with Crippen molar-refractivity contribution in [2.45, 2.75) is 58.2 Å². The fraction of sp³-hybridized carbons (Fsp3) is 0.351. The first-order valence-corrected chi connectivity index (χ1v) is 17.3. The predicted octanol–water partition coefficient (Wildman–Crippen LogP) is 8.16. The quantitative estimate of drug-likeness (QED) is 0.109. The minimum atomic E-state index is -0.406. The number of nitrogens with zero attached hydrogens (tertiary/aromatic N) is 3. The number of aromatic nitrogens is 4. The standard InChI is InChI=1S/C37H41N5O4S/c1-5-45-26-17-15-25(16-18-26)42-35(30-21-38-31-12-8-6-10-28(30)31)40-41-37(42)47-22-34(43)39-32-13-9-7-11-29(32)36(44)46-33-20-24(4)14-19-27(33)23(2)3/h6-13,15-18,21,23-24,27,33,38H,5,14,19-20,22H2,1-4H3,(H,39,43)/t24-,27-,33-/m1/s1. The maximum absolute atomic E-state index is 13.4. The monoisotopic (exact) mass is 651 g/mol. The fourth-order valence-electron chi connectivity index (χ4n) is 6.42. The van der Waals surface area contributed by atoms with Crippen molar-refractivity contribution in [3.05, 3.63) is 84.6 Å². The minimum Gasteiger partial charge on any atom is -0.494 e. The average Bonchev–Trinajstić information content (AvgIpc) is 3.68. The maximum atomic E-state index is 13.4. The number of nitrogens with one attached hydrogen (secondary N) is 2. The highest BCUT2D eigenvalue weighted by Gasteiger charge is 2.34. The summed E-state index contributed by atoms with van der Waals surface area (Å²) >= 11 is 1.27. The normalized spacial score (nSPS) is 17.9. The Morgan fingerprint density at radius 2 is 1.79 bits per heavy atom. The molecule has 1 amide bonds. The van der Waals surface area contributed by atoms with E-state index < -0.39 is 5.97 Å². The summed E-state index contributed by atoms with van der Waals surface area (Å²) in [5, 5.41) is 13.6. The van der Waals surface area contributed by atoms with Crippen LogP contribution < -0.4 is 10.1 Å². The van der Waals surface area contributed by atoms with Gasteiger partial charge in [-0.3, -0.25) is 9.36 Å². The molecule has 0 saturated heterocycles. The first-order valence-electron chi connectivity index (χ1n) is 16.3. The van der Waals surface area contributed by atoms with Crippen molar-refractivity contribution in [1.29, 1.82) is 0 Å². The van der Waals surface area contributed by atoms with Crippen molar-refractivity contribution in [3.8, 4) is 22.8 Å². The molecule has 3 atom stereocenters. The highest BCUT2D eigenvalue weighted by molar-refractivity contribution is 7.99. The average molecular weight is 652 g/mol. The zero-order chi connectivity index (χ0) is 32.9. The van der Waals surface area contributed by atoms with Crippen LogP contribution in [0.1, 0.15) is 57.3 Å². The van der Waals surface area contributed by atoms with E-state index in [9.17, 15) is 9.59 Å². The number of fused-ring (bicyclic) bond motifs is 1. The van der Waals surface area contributed by atoms with Crippen molar-refractivity contribution in [2.24, 2.45) is 17.8 Å². The Hall–Kier alpha value is -4.57. The molecule has 2 N–H and O–H groups in total. The topological polar surface area (TPSA) is 111 Å². The van der Waals surface area contributed by atoms with E-state index in [1.165, 1.54) is 11.8 Å². The summed E-state index contributed by atoms with van der Waals surface area (Å²) in [6.45, 7) is 9.11. The molecule has 0 bridgehead atoms. The van der Waals surface area contributed by atoms with E-state index in [1.54, 1.807) is 24.3 Å². The highest BCUT2D eigenvalue weighted by atomic mass is 32.2. The summed E-state index contributed by atoms with van der Waals surface area (Å²) in [6, 6.07) is 22.8. The van der Waals surface area contributed by atoms with Crippen molar-refractivity contribution < 1.29 is 19.1 Å². The number of carbonyl (C=O) groups excluding carboxylic acids is 2. The molecule has 0 aliphatic heterocycles. The lowest BCUT2D eigenvalue weighted by Crippen LogP contribution is -2.36. The number of aromatic amines is 1. The van der Waals surface area contributed by atoms with Gasteiger partial charge >= 0.3 is 5.97 Å². The molecule has 1 aliphatic carbocycles. The predicted molar refractivity (Wildman–Crippen MR) is 186 cm³/mol.